The lowest BCUT2D eigenvalue weighted by atomic mass is 9.84. The van der Waals surface area contributed by atoms with Crippen LogP contribution in [0.15, 0.2) is 30.5 Å². The maximum absolute atomic E-state index is 13.5. The second-order valence-corrected chi connectivity index (χ2v) is 8.41. The number of carbonyl (C=O) groups is 2. The average molecular weight is 459 g/mol. The predicted molar refractivity (Wildman–Crippen MR) is 121 cm³/mol. The lowest BCUT2D eigenvalue weighted by molar-refractivity contribution is -0.122. The fourth-order valence-corrected chi connectivity index (χ4v) is 4.03. The van der Waals surface area contributed by atoms with Crippen LogP contribution in [-0.4, -0.2) is 44.9 Å². The van der Waals surface area contributed by atoms with Crippen LogP contribution in [0.2, 0.25) is 0 Å². The third-order valence-corrected chi connectivity index (χ3v) is 5.85. The second-order valence-electron chi connectivity index (χ2n) is 8.41. The van der Waals surface area contributed by atoms with Crippen molar-refractivity contribution in [2.45, 2.75) is 64.0 Å². The van der Waals surface area contributed by atoms with Crippen LogP contribution in [0.3, 0.4) is 0 Å². The smallest absolute Gasteiger partial charge is 0.404 e. The molecule has 0 spiro atoms. The maximum atomic E-state index is 13.5. The summed E-state index contributed by atoms with van der Waals surface area (Å²) in [5, 5.41) is 25.8. The number of nitrogens with one attached hydrogen (secondary N) is 3. The number of carboxylic acid groups (broad SMARTS) is 1. The van der Waals surface area contributed by atoms with Crippen LogP contribution < -0.4 is 16.0 Å². The molecular formula is C23H31FN6O3. The third-order valence-electron chi connectivity index (χ3n) is 5.85. The van der Waals surface area contributed by atoms with Gasteiger partial charge in [-0.1, -0.05) is 25.5 Å². The van der Waals surface area contributed by atoms with Gasteiger partial charge in [0.2, 0.25) is 11.9 Å². The van der Waals surface area contributed by atoms with Gasteiger partial charge in [-0.25, -0.2) is 14.2 Å². The molecule has 2 aromatic rings. The first-order chi connectivity index (χ1) is 15.9. The molecule has 10 heteroatoms. The van der Waals surface area contributed by atoms with E-state index in [-0.39, 0.29) is 23.7 Å². The molecule has 1 aromatic heterocycles. The van der Waals surface area contributed by atoms with E-state index in [1.165, 1.54) is 12.1 Å². The van der Waals surface area contributed by atoms with Gasteiger partial charge in [-0.15, -0.1) is 10.2 Å². The van der Waals surface area contributed by atoms with Crippen molar-refractivity contribution in [1.29, 1.82) is 0 Å². The Morgan fingerprint density at radius 1 is 1.15 bits per heavy atom. The van der Waals surface area contributed by atoms with Crippen LogP contribution in [0.25, 0.3) is 0 Å². The number of hydrogen-bond acceptors (Lipinski definition) is 6. The molecule has 9 nitrogen and oxygen atoms in total. The highest BCUT2D eigenvalue weighted by Crippen LogP contribution is 2.28. The van der Waals surface area contributed by atoms with Crippen molar-refractivity contribution in [3.8, 4) is 0 Å². The number of nitrogens with zero attached hydrogens (tertiary/aromatic N) is 3. The number of rotatable bonds is 10. The molecule has 1 aromatic carbocycles. The summed E-state index contributed by atoms with van der Waals surface area (Å²) < 4.78 is 13.5. The topological polar surface area (TPSA) is 129 Å². The molecule has 0 aliphatic heterocycles. The number of benzene rings is 1. The molecular weight excluding hydrogens is 427 g/mol. The standard InChI is InChI=1S/C23H31FN6O3/c1-2-3-12-25-22-26-14-19(29-30-22)21(16-6-8-17(24)9-7-16)28-20(31)13-15-4-10-18(11-5-15)27-23(32)33/h6-9,14-15,18,21,27H,2-5,10-13H2,1H3,(H,28,31)(H,32,33)(H,25,26,30)/t15-,18-,21?. The minimum absolute atomic E-state index is 0.0560. The van der Waals surface area contributed by atoms with E-state index in [0.29, 0.717) is 36.5 Å². The fraction of sp³-hybridized carbons (Fsp3) is 0.522. The Morgan fingerprint density at radius 3 is 2.48 bits per heavy atom. The first-order valence-electron chi connectivity index (χ1n) is 11.4. The molecule has 33 heavy (non-hydrogen) atoms. The Labute approximate surface area is 192 Å². The zero-order valence-corrected chi connectivity index (χ0v) is 18.8. The summed E-state index contributed by atoms with van der Waals surface area (Å²) in [5.41, 5.74) is 1.15. The van der Waals surface area contributed by atoms with Crippen LogP contribution >= 0.6 is 0 Å². The second kappa shape index (κ2) is 12.1. The molecule has 0 bridgehead atoms. The van der Waals surface area contributed by atoms with E-state index in [9.17, 15) is 14.0 Å². The Balaban J connectivity index is 1.64. The van der Waals surface area contributed by atoms with Gasteiger partial charge in [0.25, 0.3) is 0 Å². The normalized spacial score (nSPS) is 18.8. The highest BCUT2D eigenvalue weighted by Gasteiger charge is 2.26. The van der Waals surface area contributed by atoms with Crippen LogP contribution in [0.1, 0.15) is 69.2 Å². The van der Waals surface area contributed by atoms with Gasteiger partial charge < -0.3 is 21.1 Å². The number of amides is 2. The van der Waals surface area contributed by atoms with Gasteiger partial charge in [0.15, 0.2) is 0 Å². The summed E-state index contributed by atoms with van der Waals surface area (Å²) in [6.07, 6.45) is 5.91. The molecule has 1 aliphatic carbocycles. The molecule has 1 unspecified atom stereocenters. The molecule has 1 atom stereocenters. The van der Waals surface area contributed by atoms with E-state index < -0.39 is 12.1 Å². The Hall–Kier alpha value is -3.30. The zero-order chi connectivity index (χ0) is 23.6. The first-order valence-corrected chi connectivity index (χ1v) is 11.4. The van der Waals surface area contributed by atoms with E-state index in [1.807, 2.05) is 0 Å². The minimum Gasteiger partial charge on any atom is -0.465 e. The molecule has 0 saturated heterocycles. The lowest BCUT2D eigenvalue weighted by Gasteiger charge is -2.28. The Bertz CT molecular complexity index is 901. The number of aromatic nitrogens is 3. The van der Waals surface area contributed by atoms with Crippen molar-refractivity contribution in [3.05, 3.63) is 47.5 Å². The number of carbonyl (C=O) groups excluding carboxylic acids is 1. The Kier molecular flexibility index (Phi) is 8.91. The van der Waals surface area contributed by atoms with E-state index >= 15 is 0 Å². The van der Waals surface area contributed by atoms with Crippen molar-refractivity contribution in [1.82, 2.24) is 25.8 Å². The third kappa shape index (κ3) is 7.65. The van der Waals surface area contributed by atoms with E-state index in [2.05, 4.69) is 38.1 Å². The van der Waals surface area contributed by atoms with Gasteiger partial charge in [-0.3, -0.25) is 4.79 Å². The minimum atomic E-state index is -1.01. The molecule has 1 heterocycles. The molecule has 178 valence electrons. The quantitative estimate of drug-likeness (QED) is 0.400. The summed E-state index contributed by atoms with van der Waals surface area (Å²) in [6, 6.07) is 5.24. The monoisotopic (exact) mass is 458 g/mol. The highest BCUT2D eigenvalue weighted by molar-refractivity contribution is 5.77. The number of anilines is 1. The van der Waals surface area contributed by atoms with Crippen molar-refractivity contribution >= 4 is 17.9 Å². The van der Waals surface area contributed by atoms with Gasteiger partial charge in [0, 0.05) is 19.0 Å². The molecule has 1 aliphatic rings. The zero-order valence-electron chi connectivity index (χ0n) is 18.8. The van der Waals surface area contributed by atoms with Crippen LogP contribution in [-0.2, 0) is 4.79 Å². The largest absolute Gasteiger partial charge is 0.465 e. The van der Waals surface area contributed by atoms with Crippen molar-refractivity contribution in [2.75, 3.05) is 11.9 Å². The van der Waals surface area contributed by atoms with E-state index in [1.54, 1.807) is 18.3 Å². The summed E-state index contributed by atoms with van der Waals surface area (Å²) in [6.45, 7) is 2.85. The SMILES string of the molecule is CCCCNc1ncc(C(NC(=O)C[C@H]2CC[C@H](NC(=O)O)CC2)c2ccc(F)cc2)nn1. The summed E-state index contributed by atoms with van der Waals surface area (Å²) >= 11 is 0. The molecule has 1 saturated carbocycles. The van der Waals surface area contributed by atoms with Crippen molar-refractivity contribution < 1.29 is 19.1 Å². The van der Waals surface area contributed by atoms with Crippen LogP contribution in [0.5, 0.6) is 0 Å². The number of unbranched alkanes of at least 4 members (excludes halogenated alkanes) is 1. The summed E-state index contributed by atoms with van der Waals surface area (Å²) in [7, 11) is 0. The highest BCUT2D eigenvalue weighted by atomic mass is 19.1. The van der Waals surface area contributed by atoms with Gasteiger partial charge in [-0.2, -0.15) is 0 Å². The van der Waals surface area contributed by atoms with Gasteiger partial charge in [0.05, 0.1) is 12.2 Å². The average Bonchev–Trinajstić information content (AvgIpc) is 2.80. The van der Waals surface area contributed by atoms with Gasteiger partial charge in [-0.05, 0) is 55.7 Å². The lowest BCUT2D eigenvalue weighted by Crippen LogP contribution is -2.38. The predicted octanol–water partition coefficient (Wildman–Crippen LogP) is 3.64. The summed E-state index contributed by atoms with van der Waals surface area (Å²) in [5.74, 6) is 0.0873. The number of hydrogen-bond donors (Lipinski definition) is 4. The molecule has 4 N–H and O–H groups in total. The molecule has 2 amide bonds. The number of halogens is 1. The van der Waals surface area contributed by atoms with Crippen molar-refractivity contribution in [3.63, 3.8) is 0 Å². The van der Waals surface area contributed by atoms with Crippen LogP contribution in [0, 0.1) is 11.7 Å². The van der Waals surface area contributed by atoms with E-state index in [0.717, 1.165) is 32.2 Å². The summed E-state index contributed by atoms with van der Waals surface area (Å²) in [4.78, 5) is 28.0. The first kappa shape index (κ1) is 24.3. The van der Waals surface area contributed by atoms with Crippen LogP contribution in [0.4, 0.5) is 15.1 Å². The van der Waals surface area contributed by atoms with Gasteiger partial charge in [0.1, 0.15) is 11.5 Å². The Morgan fingerprint density at radius 2 is 1.88 bits per heavy atom. The molecule has 1 fully saturated rings. The van der Waals surface area contributed by atoms with E-state index in [4.69, 9.17) is 5.11 Å². The van der Waals surface area contributed by atoms with Crippen molar-refractivity contribution in [2.24, 2.45) is 5.92 Å². The maximum Gasteiger partial charge on any atom is 0.404 e. The van der Waals surface area contributed by atoms with Gasteiger partial charge >= 0.3 is 6.09 Å². The molecule has 3 rings (SSSR count). The fourth-order valence-electron chi connectivity index (χ4n) is 4.03. The molecule has 0 radical (unpaired) electrons.